The van der Waals surface area contributed by atoms with E-state index < -0.39 is 5.97 Å². The Morgan fingerprint density at radius 3 is 2.88 bits per heavy atom. The largest absolute Gasteiger partial charge is 0.456 e. The molecule has 0 saturated heterocycles. The number of hydrogen-bond acceptors (Lipinski definition) is 3. The average Bonchev–Trinajstić information content (AvgIpc) is 3.15. The van der Waals surface area contributed by atoms with Crippen LogP contribution in [0.25, 0.3) is 10.9 Å². The van der Waals surface area contributed by atoms with Gasteiger partial charge in [-0.15, -0.1) is 0 Å². The van der Waals surface area contributed by atoms with Crippen LogP contribution in [0, 0.1) is 0 Å². The maximum Gasteiger partial charge on any atom is 0.338 e. The molecule has 0 fully saturated rings. The maximum atomic E-state index is 12.4. The molecule has 0 unspecified atom stereocenters. The Balaban J connectivity index is 1.54. The third kappa shape index (κ3) is 2.53. The fraction of sp³-hybridized carbons (Fsp3) is 0.111. The summed E-state index contributed by atoms with van der Waals surface area (Å²) in [5.74, 6) is -0.566. The number of fused-ring (bicyclic) bond motifs is 2. The maximum absolute atomic E-state index is 12.4. The number of H-pyrrole nitrogens is 1. The van der Waals surface area contributed by atoms with E-state index in [9.17, 15) is 9.59 Å². The number of hydrogen-bond donors (Lipinski definition) is 2. The van der Waals surface area contributed by atoms with Crippen molar-refractivity contribution in [2.45, 2.75) is 13.0 Å². The van der Waals surface area contributed by atoms with Crippen LogP contribution in [0.5, 0.6) is 0 Å². The molecule has 4 rings (SSSR count). The minimum Gasteiger partial charge on any atom is -0.456 e. The van der Waals surface area contributed by atoms with E-state index in [1.807, 2.05) is 24.3 Å². The van der Waals surface area contributed by atoms with Crippen molar-refractivity contribution < 1.29 is 14.3 Å². The summed E-state index contributed by atoms with van der Waals surface area (Å²) in [5.41, 5.74) is 3.43. The molecule has 5 nitrogen and oxygen atoms in total. The number of aromatic amines is 1. The predicted octanol–water partition coefficient (Wildman–Crippen LogP) is 3.67. The van der Waals surface area contributed by atoms with Crippen LogP contribution in [0.4, 0.5) is 5.69 Å². The van der Waals surface area contributed by atoms with Gasteiger partial charge >= 0.3 is 5.97 Å². The van der Waals surface area contributed by atoms with E-state index in [1.54, 1.807) is 18.2 Å². The quantitative estimate of drug-likeness (QED) is 0.714. The van der Waals surface area contributed by atoms with Crippen LogP contribution in [-0.4, -0.2) is 16.9 Å². The molecule has 6 heteroatoms. The molecule has 0 aliphatic carbocycles. The number of rotatable bonds is 3. The Kier molecular flexibility index (Phi) is 3.50. The zero-order valence-electron chi connectivity index (χ0n) is 12.6. The Bertz CT molecular complexity index is 978. The normalized spacial score (nSPS) is 13.0. The van der Waals surface area contributed by atoms with Crippen LogP contribution < -0.4 is 5.32 Å². The standard InChI is InChI=1S/C18H13ClN2O3/c19-14-4-2-6-16-13(14)7-10(20-16)9-24-18(23)11-3-1-5-15-12(11)8-17(22)21-15/h1-7,20H,8-9H2,(H,21,22). The van der Waals surface area contributed by atoms with E-state index in [1.165, 1.54) is 0 Å². The highest BCUT2D eigenvalue weighted by Gasteiger charge is 2.24. The van der Waals surface area contributed by atoms with E-state index >= 15 is 0 Å². The van der Waals surface area contributed by atoms with Crippen molar-refractivity contribution in [3.05, 3.63) is 64.3 Å². The first-order valence-corrected chi connectivity index (χ1v) is 7.84. The summed E-state index contributed by atoms with van der Waals surface area (Å²) in [6.07, 6.45) is 0.197. The van der Waals surface area contributed by atoms with Crippen molar-refractivity contribution in [2.24, 2.45) is 0 Å². The summed E-state index contributed by atoms with van der Waals surface area (Å²) in [6.45, 7) is 0.106. The molecule has 2 N–H and O–H groups in total. The number of anilines is 1. The van der Waals surface area contributed by atoms with Gasteiger partial charge in [0.1, 0.15) is 6.61 Å². The van der Waals surface area contributed by atoms with Gasteiger partial charge in [-0.05, 0) is 35.9 Å². The van der Waals surface area contributed by atoms with E-state index in [0.717, 1.165) is 16.6 Å². The number of halogens is 1. The summed E-state index contributed by atoms with van der Waals surface area (Å²) in [4.78, 5) is 27.0. The van der Waals surface area contributed by atoms with Gasteiger partial charge in [-0.1, -0.05) is 23.7 Å². The van der Waals surface area contributed by atoms with Gasteiger partial charge in [-0.2, -0.15) is 0 Å². The van der Waals surface area contributed by atoms with Crippen molar-refractivity contribution in [3.63, 3.8) is 0 Å². The van der Waals surface area contributed by atoms with Gasteiger partial charge in [-0.25, -0.2) is 4.79 Å². The first-order chi connectivity index (χ1) is 11.6. The van der Waals surface area contributed by atoms with Gasteiger partial charge in [0.2, 0.25) is 5.91 Å². The fourth-order valence-corrected chi connectivity index (χ4v) is 3.14. The molecule has 0 saturated carbocycles. The first kappa shape index (κ1) is 14.8. The zero-order chi connectivity index (χ0) is 16.7. The van der Waals surface area contributed by atoms with Gasteiger partial charge in [0.25, 0.3) is 0 Å². The molecule has 1 aliphatic heterocycles. The second-order valence-electron chi connectivity index (χ2n) is 5.63. The Labute approximate surface area is 142 Å². The number of nitrogens with one attached hydrogen (secondary N) is 2. The molecule has 1 aliphatic rings. The molecule has 0 spiro atoms. The SMILES string of the molecule is O=C1Cc2c(cccc2C(=O)OCc2cc3c(Cl)cccc3[nH]2)N1. The molecular weight excluding hydrogens is 328 g/mol. The number of carbonyl (C=O) groups is 2. The molecular formula is C18H13ClN2O3. The summed E-state index contributed by atoms with van der Waals surface area (Å²) < 4.78 is 5.39. The van der Waals surface area contributed by atoms with Gasteiger partial charge in [0, 0.05) is 21.6 Å². The fourth-order valence-electron chi connectivity index (χ4n) is 2.92. The molecule has 24 heavy (non-hydrogen) atoms. The van der Waals surface area contributed by atoms with Gasteiger partial charge in [-0.3, -0.25) is 4.79 Å². The lowest BCUT2D eigenvalue weighted by atomic mass is 10.1. The highest BCUT2D eigenvalue weighted by Crippen LogP contribution is 2.27. The van der Waals surface area contributed by atoms with E-state index in [2.05, 4.69) is 10.3 Å². The van der Waals surface area contributed by atoms with Crippen molar-refractivity contribution in [1.29, 1.82) is 0 Å². The second-order valence-corrected chi connectivity index (χ2v) is 6.04. The number of carbonyl (C=O) groups excluding carboxylic acids is 2. The number of amides is 1. The van der Waals surface area contributed by atoms with Crippen LogP contribution in [-0.2, 0) is 22.6 Å². The molecule has 1 aromatic heterocycles. The number of benzene rings is 2. The van der Waals surface area contributed by atoms with E-state index in [-0.39, 0.29) is 18.9 Å². The topological polar surface area (TPSA) is 71.2 Å². The van der Waals surface area contributed by atoms with Crippen LogP contribution in [0.1, 0.15) is 21.6 Å². The Morgan fingerprint density at radius 1 is 1.21 bits per heavy atom. The molecule has 2 heterocycles. The van der Waals surface area contributed by atoms with Crippen molar-refractivity contribution in [1.82, 2.24) is 4.98 Å². The molecule has 3 aromatic rings. The zero-order valence-corrected chi connectivity index (χ0v) is 13.3. The highest BCUT2D eigenvalue weighted by molar-refractivity contribution is 6.35. The van der Waals surface area contributed by atoms with Gasteiger partial charge in [0.15, 0.2) is 0 Å². The predicted molar refractivity (Wildman–Crippen MR) is 91.2 cm³/mol. The molecule has 0 bridgehead atoms. The summed E-state index contributed by atoms with van der Waals surface area (Å²) in [5, 5.41) is 4.26. The van der Waals surface area contributed by atoms with Crippen LogP contribution >= 0.6 is 11.6 Å². The lowest BCUT2D eigenvalue weighted by Crippen LogP contribution is -2.08. The van der Waals surface area contributed by atoms with Crippen molar-refractivity contribution >= 4 is 40.1 Å². The van der Waals surface area contributed by atoms with Crippen LogP contribution in [0.3, 0.4) is 0 Å². The van der Waals surface area contributed by atoms with Crippen molar-refractivity contribution in [2.75, 3.05) is 5.32 Å². The third-order valence-corrected chi connectivity index (χ3v) is 4.36. The smallest absolute Gasteiger partial charge is 0.338 e. The number of aromatic nitrogens is 1. The third-order valence-electron chi connectivity index (χ3n) is 4.03. The molecule has 0 atom stereocenters. The van der Waals surface area contributed by atoms with E-state index in [4.69, 9.17) is 16.3 Å². The van der Waals surface area contributed by atoms with Gasteiger partial charge < -0.3 is 15.0 Å². The molecule has 2 aromatic carbocycles. The Hall–Kier alpha value is -2.79. The summed E-state index contributed by atoms with van der Waals surface area (Å²) in [7, 11) is 0. The average molecular weight is 341 g/mol. The summed E-state index contributed by atoms with van der Waals surface area (Å²) in [6, 6.07) is 12.6. The minimum atomic E-state index is -0.451. The molecule has 1 amide bonds. The minimum absolute atomic E-state index is 0.106. The lowest BCUT2D eigenvalue weighted by Gasteiger charge is -2.07. The molecule has 0 radical (unpaired) electrons. The number of esters is 1. The first-order valence-electron chi connectivity index (χ1n) is 7.47. The second kappa shape index (κ2) is 5.69. The van der Waals surface area contributed by atoms with E-state index in [0.29, 0.717) is 21.8 Å². The number of ether oxygens (including phenoxy) is 1. The van der Waals surface area contributed by atoms with Crippen molar-refractivity contribution in [3.8, 4) is 0 Å². The lowest BCUT2D eigenvalue weighted by molar-refractivity contribution is -0.115. The van der Waals surface area contributed by atoms with Gasteiger partial charge in [0.05, 0.1) is 17.7 Å². The monoisotopic (exact) mass is 340 g/mol. The summed E-state index contributed by atoms with van der Waals surface area (Å²) >= 11 is 6.14. The van der Waals surface area contributed by atoms with Crippen LogP contribution in [0.15, 0.2) is 42.5 Å². The Morgan fingerprint density at radius 2 is 2.04 bits per heavy atom. The van der Waals surface area contributed by atoms with Crippen LogP contribution in [0.2, 0.25) is 5.02 Å². The highest BCUT2D eigenvalue weighted by atomic mass is 35.5. The molecule has 120 valence electrons.